The maximum absolute atomic E-state index is 12.6. The third-order valence-electron chi connectivity index (χ3n) is 5.31. The van der Waals surface area contributed by atoms with Gasteiger partial charge in [-0.05, 0) is 44.2 Å². The molecule has 1 aromatic heterocycles. The van der Waals surface area contributed by atoms with E-state index in [-0.39, 0.29) is 29.1 Å². The molecule has 4 rings (SSSR count). The fourth-order valence-corrected chi connectivity index (χ4v) is 4.76. The number of amides is 1. The molecule has 0 spiro atoms. The molecule has 1 aromatic carbocycles. The summed E-state index contributed by atoms with van der Waals surface area (Å²) in [5.74, 6) is -0.156. The fraction of sp³-hybridized carbons (Fsp3) is 0.450. The molecule has 1 aliphatic carbocycles. The van der Waals surface area contributed by atoms with Crippen LogP contribution in [0, 0.1) is 10.1 Å². The van der Waals surface area contributed by atoms with E-state index in [1.807, 2.05) is 0 Å². The second kappa shape index (κ2) is 8.97. The van der Waals surface area contributed by atoms with E-state index in [1.54, 1.807) is 4.57 Å². The number of hydrogen-bond donors (Lipinski definition) is 1. The number of nitrogens with one attached hydrogen (secondary N) is 1. The quantitative estimate of drug-likeness (QED) is 0.310. The number of rotatable bonds is 7. The third kappa shape index (κ3) is 4.54. The number of nitro groups is 1. The van der Waals surface area contributed by atoms with E-state index in [0.717, 1.165) is 50.0 Å². The van der Waals surface area contributed by atoms with Crippen LogP contribution in [-0.2, 0) is 28.9 Å². The Balaban J connectivity index is 1.42. The molecule has 1 atom stereocenters. The molecule has 0 saturated carbocycles. The van der Waals surface area contributed by atoms with Gasteiger partial charge in [-0.2, -0.15) is 4.98 Å². The minimum atomic E-state index is -0.491. The molecule has 0 unspecified atom stereocenters. The molecule has 2 aliphatic rings. The Morgan fingerprint density at radius 2 is 2.10 bits per heavy atom. The van der Waals surface area contributed by atoms with Crippen molar-refractivity contribution in [2.24, 2.45) is 0 Å². The highest BCUT2D eigenvalue weighted by atomic mass is 32.2. The number of ether oxygens (including phenoxy) is 1. The van der Waals surface area contributed by atoms with E-state index in [9.17, 15) is 19.7 Å². The SMILES string of the molecule is O=C(CSc1nc(=O)n(C[C@@H]2CCCO2)c2c1CCC2)Nc1ccc([N+](=O)[O-])cc1. The number of carbonyl (C=O) groups excluding carboxylic acids is 1. The smallest absolute Gasteiger partial charge is 0.348 e. The summed E-state index contributed by atoms with van der Waals surface area (Å²) in [5.41, 5.74) is 2.23. The van der Waals surface area contributed by atoms with Crippen molar-refractivity contribution >= 4 is 29.0 Å². The van der Waals surface area contributed by atoms with Crippen molar-refractivity contribution < 1.29 is 14.5 Å². The van der Waals surface area contributed by atoms with Gasteiger partial charge in [0.05, 0.1) is 23.3 Å². The molecular weight excluding hydrogens is 408 g/mol. The summed E-state index contributed by atoms with van der Waals surface area (Å²) < 4.78 is 7.42. The van der Waals surface area contributed by atoms with Gasteiger partial charge in [0.1, 0.15) is 5.03 Å². The number of carbonyl (C=O) groups is 1. The molecule has 9 nitrogen and oxygen atoms in total. The van der Waals surface area contributed by atoms with Crippen LogP contribution >= 0.6 is 11.8 Å². The van der Waals surface area contributed by atoms with Gasteiger partial charge in [-0.1, -0.05) is 11.8 Å². The summed E-state index contributed by atoms with van der Waals surface area (Å²) in [4.78, 5) is 39.4. The van der Waals surface area contributed by atoms with Crippen LogP contribution in [0.25, 0.3) is 0 Å². The van der Waals surface area contributed by atoms with Crippen LogP contribution in [0.2, 0.25) is 0 Å². The number of fused-ring (bicyclic) bond motifs is 1. The first kappa shape index (κ1) is 20.5. The maximum atomic E-state index is 12.6. The molecule has 0 bridgehead atoms. The Bertz CT molecular complexity index is 1020. The molecule has 1 fully saturated rings. The van der Waals surface area contributed by atoms with Gasteiger partial charge in [0.2, 0.25) is 5.91 Å². The molecule has 10 heteroatoms. The largest absolute Gasteiger partial charge is 0.376 e. The van der Waals surface area contributed by atoms with Gasteiger partial charge >= 0.3 is 5.69 Å². The first-order valence-electron chi connectivity index (χ1n) is 9.92. The number of aromatic nitrogens is 2. The number of hydrogen-bond acceptors (Lipinski definition) is 7. The van der Waals surface area contributed by atoms with Crippen LogP contribution in [0.5, 0.6) is 0 Å². The Morgan fingerprint density at radius 1 is 1.30 bits per heavy atom. The van der Waals surface area contributed by atoms with Crippen molar-refractivity contribution in [3.05, 3.63) is 56.1 Å². The summed E-state index contributed by atoms with van der Waals surface area (Å²) in [6, 6.07) is 5.65. The summed E-state index contributed by atoms with van der Waals surface area (Å²) in [6.07, 6.45) is 4.70. The van der Waals surface area contributed by atoms with E-state index in [0.29, 0.717) is 17.3 Å². The maximum Gasteiger partial charge on any atom is 0.348 e. The van der Waals surface area contributed by atoms with Gasteiger partial charge in [0.25, 0.3) is 5.69 Å². The topological polar surface area (TPSA) is 116 Å². The molecule has 2 aromatic rings. The zero-order valence-electron chi connectivity index (χ0n) is 16.3. The van der Waals surface area contributed by atoms with Crippen LogP contribution < -0.4 is 11.0 Å². The summed E-state index contributed by atoms with van der Waals surface area (Å²) in [5, 5.41) is 14.0. The second-order valence-corrected chi connectivity index (χ2v) is 8.33. The monoisotopic (exact) mass is 430 g/mol. The Kier molecular flexibility index (Phi) is 6.14. The summed E-state index contributed by atoms with van der Waals surface area (Å²) in [6.45, 7) is 1.28. The lowest BCUT2D eigenvalue weighted by Gasteiger charge is -2.17. The van der Waals surface area contributed by atoms with Crippen molar-refractivity contribution in [3.8, 4) is 0 Å². The van der Waals surface area contributed by atoms with Gasteiger partial charge in [0.15, 0.2) is 0 Å². The van der Waals surface area contributed by atoms with E-state index in [4.69, 9.17) is 4.74 Å². The first-order valence-corrected chi connectivity index (χ1v) is 10.9. The van der Waals surface area contributed by atoms with Crippen LogP contribution in [-0.4, -0.2) is 38.8 Å². The standard InChI is InChI=1S/C20H22N4O5S/c25-18(21-13-6-8-14(9-7-13)24(27)28)12-30-19-16-4-1-5-17(16)23(20(26)22-19)11-15-3-2-10-29-15/h6-9,15H,1-5,10-12H2,(H,21,25)/t15-/m0/s1. The number of benzene rings is 1. The van der Waals surface area contributed by atoms with E-state index < -0.39 is 4.92 Å². The van der Waals surface area contributed by atoms with E-state index in [1.165, 1.54) is 36.0 Å². The van der Waals surface area contributed by atoms with Gasteiger partial charge in [-0.3, -0.25) is 19.5 Å². The average molecular weight is 430 g/mol. The third-order valence-corrected chi connectivity index (χ3v) is 6.33. The van der Waals surface area contributed by atoms with Gasteiger partial charge in [0, 0.05) is 35.7 Å². The second-order valence-electron chi connectivity index (χ2n) is 7.36. The minimum Gasteiger partial charge on any atom is -0.376 e. The number of nitrogens with zero attached hydrogens (tertiary/aromatic N) is 3. The highest BCUT2D eigenvalue weighted by Gasteiger charge is 2.25. The molecule has 1 aliphatic heterocycles. The number of non-ortho nitro benzene ring substituents is 1. The fourth-order valence-electron chi connectivity index (χ4n) is 3.88. The Hall–Kier alpha value is -2.72. The number of thioether (sulfide) groups is 1. The normalized spacial score (nSPS) is 17.7. The summed E-state index contributed by atoms with van der Waals surface area (Å²) in [7, 11) is 0. The van der Waals surface area contributed by atoms with Gasteiger partial charge in [-0.25, -0.2) is 4.79 Å². The van der Waals surface area contributed by atoms with Crippen molar-refractivity contribution in [1.82, 2.24) is 9.55 Å². The molecular formula is C20H22N4O5S. The number of nitro benzene ring substituents is 1. The van der Waals surface area contributed by atoms with Crippen LogP contribution in [0.4, 0.5) is 11.4 Å². The lowest BCUT2D eigenvalue weighted by atomic mass is 10.2. The average Bonchev–Trinajstić information content (AvgIpc) is 3.41. The van der Waals surface area contributed by atoms with Crippen molar-refractivity contribution in [2.75, 3.05) is 17.7 Å². The van der Waals surface area contributed by atoms with Crippen molar-refractivity contribution in [2.45, 2.75) is 49.8 Å². The molecule has 1 amide bonds. The summed E-state index contributed by atoms with van der Waals surface area (Å²) >= 11 is 1.25. The zero-order chi connectivity index (χ0) is 21.1. The lowest BCUT2D eigenvalue weighted by molar-refractivity contribution is -0.384. The predicted molar refractivity (Wildman–Crippen MR) is 112 cm³/mol. The predicted octanol–water partition coefficient (Wildman–Crippen LogP) is 2.55. The number of anilines is 1. The molecule has 158 valence electrons. The molecule has 1 saturated heterocycles. The van der Waals surface area contributed by atoms with Gasteiger partial charge in [-0.15, -0.1) is 0 Å². The molecule has 1 N–H and O–H groups in total. The molecule has 30 heavy (non-hydrogen) atoms. The zero-order valence-corrected chi connectivity index (χ0v) is 17.2. The Morgan fingerprint density at radius 3 is 2.80 bits per heavy atom. The van der Waals surface area contributed by atoms with Crippen molar-refractivity contribution in [1.29, 1.82) is 0 Å². The molecule has 2 heterocycles. The van der Waals surface area contributed by atoms with Crippen LogP contribution in [0.15, 0.2) is 34.1 Å². The highest BCUT2D eigenvalue weighted by Crippen LogP contribution is 2.30. The van der Waals surface area contributed by atoms with Gasteiger partial charge < -0.3 is 10.1 Å². The van der Waals surface area contributed by atoms with E-state index >= 15 is 0 Å². The van der Waals surface area contributed by atoms with Crippen LogP contribution in [0.3, 0.4) is 0 Å². The van der Waals surface area contributed by atoms with Crippen molar-refractivity contribution in [3.63, 3.8) is 0 Å². The van der Waals surface area contributed by atoms with Crippen LogP contribution in [0.1, 0.15) is 30.5 Å². The first-order chi connectivity index (χ1) is 14.5. The highest BCUT2D eigenvalue weighted by molar-refractivity contribution is 8.00. The molecule has 0 radical (unpaired) electrons. The Labute approximate surface area is 177 Å². The van der Waals surface area contributed by atoms with E-state index in [2.05, 4.69) is 10.3 Å². The minimum absolute atomic E-state index is 0.0364. The lowest BCUT2D eigenvalue weighted by Crippen LogP contribution is -2.31.